The van der Waals surface area contributed by atoms with Gasteiger partial charge in [0, 0.05) is 6.54 Å². The number of nitrogens with one attached hydrogen (secondary N) is 1. The quantitative estimate of drug-likeness (QED) is 0.734. The van der Waals surface area contributed by atoms with Crippen LogP contribution >= 0.6 is 0 Å². The van der Waals surface area contributed by atoms with E-state index >= 15 is 0 Å². The molecular formula is C14H19FN2. The molecule has 1 rings (SSSR count). The molecule has 0 spiro atoms. The summed E-state index contributed by atoms with van der Waals surface area (Å²) in [5.74, 6) is -0.341. The van der Waals surface area contributed by atoms with Gasteiger partial charge in [-0.1, -0.05) is 26.2 Å². The standard InChI is InChI=1S/C14H19FN2/c1-2-3-4-5-6-17-11-13-7-12(10-16)8-14(15)9-13/h7-9,17H,2-6,11H2,1H3. The van der Waals surface area contributed by atoms with E-state index < -0.39 is 0 Å². The lowest BCUT2D eigenvalue weighted by Crippen LogP contribution is -2.14. The van der Waals surface area contributed by atoms with E-state index in [0.29, 0.717) is 12.1 Å². The summed E-state index contributed by atoms with van der Waals surface area (Å²) in [5, 5.41) is 12.0. The van der Waals surface area contributed by atoms with Gasteiger partial charge in [0.2, 0.25) is 0 Å². The molecule has 0 aliphatic carbocycles. The molecule has 0 aliphatic heterocycles. The van der Waals surface area contributed by atoms with Gasteiger partial charge in [-0.2, -0.15) is 5.26 Å². The van der Waals surface area contributed by atoms with Gasteiger partial charge in [-0.25, -0.2) is 4.39 Å². The zero-order chi connectivity index (χ0) is 12.5. The third-order valence-corrected chi connectivity index (χ3v) is 2.62. The summed E-state index contributed by atoms with van der Waals surface area (Å²) in [4.78, 5) is 0. The maximum absolute atomic E-state index is 13.1. The van der Waals surface area contributed by atoms with E-state index in [1.807, 2.05) is 6.07 Å². The lowest BCUT2D eigenvalue weighted by molar-refractivity contribution is 0.592. The number of rotatable bonds is 7. The highest BCUT2D eigenvalue weighted by Gasteiger charge is 2.00. The smallest absolute Gasteiger partial charge is 0.124 e. The lowest BCUT2D eigenvalue weighted by atomic mass is 10.1. The second-order valence-electron chi connectivity index (χ2n) is 4.20. The fraction of sp³-hybridized carbons (Fsp3) is 0.500. The molecule has 0 bridgehead atoms. The number of halogens is 1. The Labute approximate surface area is 102 Å². The SMILES string of the molecule is CCCCCCNCc1cc(F)cc(C#N)c1. The van der Waals surface area contributed by atoms with Gasteiger partial charge in [0.05, 0.1) is 11.6 Å². The molecule has 1 aromatic rings. The monoisotopic (exact) mass is 234 g/mol. The van der Waals surface area contributed by atoms with Crippen molar-refractivity contribution in [1.29, 1.82) is 5.26 Å². The normalized spacial score (nSPS) is 10.2. The van der Waals surface area contributed by atoms with Crippen LogP contribution in [0.3, 0.4) is 0 Å². The summed E-state index contributed by atoms with van der Waals surface area (Å²) in [6.07, 6.45) is 4.88. The highest BCUT2D eigenvalue weighted by atomic mass is 19.1. The van der Waals surface area contributed by atoms with Crippen molar-refractivity contribution < 1.29 is 4.39 Å². The van der Waals surface area contributed by atoms with E-state index in [4.69, 9.17) is 5.26 Å². The van der Waals surface area contributed by atoms with Crippen LogP contribution in [-0.2, 0) is 6.54 Å². The number of unbranched alkanes of at least 4 members (excludes halogenated alkanes) is 3. The Morgan fingerprint density at radius 1 is 1.24 bits per heavy atom. The Balaban J connectivity index is 2.32. The predicted molar refractivity (Wildman–Crippen MR) is 67.0 cm³/mol. The second kappa shape index (κ2) is 7.81. The van der Waals surface area contributed by atoms with Crippen LogP contribution in [0.15, 0.2) is 18.2 Å². The van der Waals surface area contributed by atoms with Crippen molar-refractivity contribution in [1.82, 2.24) is 5.32 Å². The maximum atomic E-state index is 13.1. The second-order valence-corrected chi connectivity index (χ2v) is 4.20. The van der Waals surface area contributed by atoms with Gasteiger partial charge in [-0.05, 0) is 36.7 Å². The lowest BCUT2D eigenvalue weighted by Gasteiger charge is -2.05. The summed E-state index contributed by atoms with van der Waals surface area (Å²) < 4.78 is 13.1. The molecule has 92 valence electrons. The van der Waals surface area contributed by atoms with E-state index in [2.05, 4.69) is 12.2 Å². The first-order valence-electron chi connectivity index (χ1n) is 6.16. The summed E-state index contributed by atoms with van der Waals surface area (Å²) in [7, 11) is 0. The molecule has 0 aromatic heterocycles. The third-order valence-electron chi connectivity index (χ3n) is 2.62. The summed E-state index contributed by atoms with van der Waals surface area (Å²) >= 11 is 0. The molecule has 17 heavy (non-hydrogen) atoms. The van der Waals surface area contributed by atoms with Crippen LogP contribution in [0.1, 0.15) is 43.7 Å². The molecule has 1 N–H and O–H groups in total. The van der Waals surface area contributed by atoms with E-state index in [-0.39, 0.29) is 5.82 Å². The minimum atomic E-state index is -0.341. The van der Waals surface area contributed by atoms with Crippen LogP contribution < -0.4 is 5.32 Å². The maximum Gasteiger partial charge on any atom is 0.124 e. The average molecular weight is 234 g/mol. The number of hydrogen-bond acceptors (Lipinski definition) is 2. The Morgan fingerprint density at radius 3 is 2.76 bits per heavy atom. The highest BCUT2D eigenvalue weighted by molar-refractivity contribution is 5.33. The summed E-state index contributed by atoms with van der Waals surface area (Å²) in [5.41, 5.74) is 1.21. The molecule has 0 aliphatic rings. The Kier molecular flexibility index (Phi) is 6.27. The van der Waals surface area contributed by atoms with Crippen molar-refractivity contribution in [3.63, 3.8) is 0 Å². The molecule has 0 unspecified atom stereocenters. The Hall–Kier alpha value is -1.40. The van der Waals surface area contributed by atoms with Crippen molar-refractivity contribution in [2.45, 2.75) is 39.2 Å². The fourth-order valence-electron chi connectivity index (χ4n) is 1.73. The Bertz CT molecular complexity index is 382. The molecule has 0 fully saturated rings. The van der Waals surface area contributed by atoms with Crippen LogP contribution in [0.2, 0.25) is 0 Å². The fourth-order valence-corrected chi connectivity index (χ4v) is 1.73. The van der Waals surface area contributed by atoms with Gasteiger partial charge in [-0.15, -0.1) is 0 Å². The highest BCUT2D eigenvalue weighted by Crippen LogP contribution is 2.08. The van der Waals surface area contributed by atoms with Crippen molar-refractivity contribution >= 4 is 0 Å². The molecule has 0 saturated carbocycles. The van der Waals surface area contributed by atoms with Gasteiger partial charge in [0.25, 0.3) is 0 Å². The topological polar surface area (TPSA) is 35.8 Å². The van der Waals surface area contributed by atoms with Crippen LogP contribution in [0.5, 0.6) is 0 Å². The zero-order valence-corrected chi connectivity index (χ0v) is 10.3. The summed E-state index contributed by atoms with van der Waals surface area (Å²) in [6.45, 7) is 3.75. The van der Waals surface area contributed by atoms with E-state index in [0.717, 1.165) is 18.5 Å². The minimum absolute atomic E-state index is 0.341. The molecule has 2 nitrogen and oxygen atoms in total. The van der Waals surface area contributed by atoms with Gasteiger partial charge in [0.1, 0.15) is 5.82 Å². The van der Waals surface area contributed by atoms with Crippen molar-refractivity contribution in [3.05, 3.63) is 35.1 Å². The van der Waals surface area contributed by atoms with Crippen LogP contribution in [0.4, 0.5) is 4.39 Å². The van der Waals surface area contributed by atoms with Crippen molar-refractivity contribution in [3.8, 4) is 6.07 Å². The first kappa shape index (κ1) is 13.7. The van der Waals surface area contributed by atoms with E-state index in [9.17, 15) is 4.39 Å². The molecule has 0 radical (unpaired) electrons. The number of benzene rings is 1. The predicted octanol–water partition coefficient (Wildman–Crippen LogP) is 3.37. The minimum Gasteiger partial charge on any atom is -0.313 e. The number of hydrogen-bond donors (Lipinski definition) is 1. The van der Waals surface area contributed by atoms with Gasteiger partial charge in [0.15, 0.2) is 0 Å². The first-order chi connectivity index (χ1) is 8.26. The third kappa shape index (κ3) is 5.46. The molecule has 1 aromatic carbocycles. The first-order valence-corrected chi connectivity index (χ1v) is 6.16. The van der Waals surface area contributed by atoms with Gasteiger partial charge >= 0.3 is 0 Å². The van der Waals surface area contributed by atoms with Gasteiger partial charge < -0.3 is 5.32 Å². The van der Waals surface area contributed by atoms with Gasteiger partial charge in [-0.3, -0.25) is 0 Å². The number of nitriles is 1. The Morgan fingerprint density at radius 2 is 2.06 bits per heavy atom. The van der Waals surface area contributed by atoms with E-state index in [1.165, 1.54) is 31.4 Å². The van der Waals surface area contributed by atoms with E-state index in [1.54, 1.807) is 6.07 Å². The van der Waals surface area contributed by atoms with Crippen molar-refractivity contribution in [2.75, 3.05) is 6.54 Å². The number of nitrogens with zero attached hydrogens (tertiary/aromatic N) is 1. The molecule has 0 amide bonds. The van der Waals surface area contributed by atoms with Crippen molar-refractivity contribution in [2.24, 2.45) is 0 Å². The zero-order valence-electron chi connectivity index (χ0n) is 10.3. The molecule has 0 saturated heterocycles. The average Bonchev–Trinajstić information content (AvgIpc) is 2.33. The van der Waals surface area contributed by atoms with Crippen LogP contribution in [0.25, 0.3) is 0 Å². The molecular weight excluding hydrogens is 215 g/mol. The van der Waals surface area contributed by atoms with Crippen LogP contribution in [-0.4, -0.2) is 6.54 Å². The molecule has 0 atom stereocenters. The van der Waals surface area contributed by atoms with Crippen LogP contribution in [0, 0.1) is 17.1 Å². The molecule has 3 heteroatoms. The molecule has 0 heterocycles. The summed E-state index contributed by atoms with van der Waals surface area (Å²) in [6, 6.07) is 6.41. The largest absolute Gasteiger partial charge is 0.313 e.